The van der Waals surface area contributed by atoms with E-state index in [4.69, 9.17) is 5.73 Å². The van der Waals surface area contributed by atoms with Crippen molar-refractivity contribution in [1.29, 1.82) is 0 Å². The van der Waals surface area contributed by atoms with Crippen molar-refractivity contribution in [3.63, 3.8) is 0 Å². The summed E-state index contributed by atoms with van der Waals surface area (Å²) in [6.45, 7) is 2.23. The summed E-state index contributed by atoms with van der Waals surface area (Å²) in [5.41, 5.74) is 7.92. The van der Waals surface area contributed by atoms with Crippen LogP contribution in [0.1, 0.15) is 34.7 Å². The Bertz CT molecular complexity index is 705. The second-order valence-corrected chi connectivity index (χ2v) is 6.49. The van der Waals surface area contributed by atoms with Crippen LogP contribution in [0.4, 0.5) is 5.69 Å². The predicted octanol–water partition coefficient (Wildman–Crippen LogP) is 2.40. The Labute approximate surface area is 148 Å². The van der Waals surface area contributed by atoms with Gasteiger partial charge in [-0.2, -0.15) is 0 Å². The van der Waals surface area contributed by atoms with Crippen LogP contribution >= 0.6 is 0 Å². The van der Waals surface area contributed by atoms with Crippen molar-refractivity contribution >= 4 is 11.6 Å². The van der Waals surface area contributed by atoms with Crippen LogP contribution in [0, 0.1) is 0 Å². The molecule has 1 fully saturated rings. The molecule has 1 amide bonds. The minimum atomic E-state index is -0.438. The molecule has 0 aliphatic carbocycles. The molecule has 0 bridgehead atoms. The highest BCUT2D eigenvalue weighted by molar-refractivity contribution is 5.98. The minimum absolute atomic E-state index is 0.413. The molecule has 4 N–H and O–H groups in total. The Balaban J connectivity index is 1.51. The van der Waals surface area contributed by atoms with Crippen molar-refractivity contribution in [2.24, 2.45) is 5.73 Å². The van der Waals surface area contributed by atoms with E-state index >= 15 is 0 Å². The van der Waals surface area contributed by atoms with Crippen LogP contribution in [0.3, 0.4) is 0 Å². The lowest BCUT2D eigenvalue weighted by Gasteiger charge is -2.36. The fraction of sp³-hybridized carbons (Fsp3) is 0.350. The van der Waals surface area contributed by atoms with Gasteiger partial charge < -0.3 is 16.2 Å². The number of hydrogen-bond donors (Lipinski definition) is 3. The molecule has 2 aromatic rings. The maximum absolute atomic E-state index is 11.4. The lowest BCUT2D eigenvalue weighted by atomic mass is 9.88. The van der Waals surface area contributed by atoms with Crippen LogP contribution in [-0.4, -0.2) is 41.8 Å². The Hall–Kier alpha value is -2.37. The van der Waals surface area contributed by atoms with Gasteiger partial charge in [0.05, 0.1) is 5.56 Å². The highest BCUT2D eigenvalue weighted by atomic mass is 16.3. The number of nitrogens with two attached hydrogens (primary N) is 1. The third-order valence-corrected chi connectivity index (χ3v) is 4.86. The van der Waals surface area contributed by atoms with E-state index < -0.39 is 12.1 Å². The molecule has 2 atom stereocenters. The monoisotopic (exact) mass is 339 g/mol. The first kappa shape index (κ1) is 17.5. The second kappa shape index (κ2) is 8.14. The van der Waals surface area contributed by atoms with E-state index in [0.29, 0.717) is 18.0 Å². The van der Waals surface area contributed by atoms with Crippen LogP contribution in [0.5, 0.6) is 0 Å². The minimum Gasteiger partial charge on any atom is -0.383 e. The van der Waals surface area contributed by atoms with Gasteiger partial charge in [0.25, 0.3) is 5.91 Å². The quantitative estimate of drug-likeness (QED) is 0.755. The van der Waals surface area contributed by atoms with Gasteiger partial charge in [-0.15, -0.1) is 0 Å². The summed E-state index contributed by atoms with van der Waals surface area (Å²) < 4.78 is 0. The number of nitrogens with one attached hydrogen (secondary N) is 1. The first-order valence-corrected chi connectivity index (χ1v) is 8.75. The Morgan fingerprint density at radius 2 is 1.88 bits per heavy atom. The van der Waals surface area contributed by atoms with Crippen LogP contribution in [0.2, 0.25) is 0 Å². The molecule has 132 valence electrons. The number of likely N-dealkylation sites (tertiary alicyclic amines) is 1. The van der Waals surface area contributed by atoms with Crippen molar-refractivity contribution in [2.45, 2.75) is 25.0 Å². The van der Waals surface area contributed by atoms with Gasteiger partial charge in [-0.05, 0) is 36.5 Å². The van der Waals surface area contributed by atoms with Gasteiger partial charge in [-0.1, -0.05) is 42.5 Å². The smallest absolute Gasteiger partial charge is 0.250 e. The number of amides is 1. The lowest BCUT2D eigenvalue weighted by Crippen LogP contribution is -2.44. The summed E-state index contributed by atoms with van der Waals surface area (Å²) in [6, 6.07) is 17.6. The van der Waals surface area contributed by atoms with Crippen molar-refractivity contribution in [2.75, 3.05) is 25.0 Å². The zero-order valence-electron chi connectivity index (χ0n) is 14.3. The number of hydrogen-bond acceptors (Lipinski definition) is 4. The van der Waals surface area contributed by atoms with Crippen molar-refractivity contribution < 1.29 is 9.90 Å². The van der Waals surface area contributed by atoms with E-state index in [9.17, 15) is 9.90 Å². The first-order chi connectivity index (χ1) is 12.1. The molecule has 5 nitrogen and oxygen atoms in total. The number of nitrogens with zero attached hydrogens (tertiary/aromatic N) is 1. The summed E-state index contributed by atoms with van der Waals surface area (Å²) in [5, 5.41) is 13.7. The van der Waals surface area contributed by atoms with Crippen LogP contribution in [0.15, 0.2) is 54.6 Å². The standard InChI is InChI=1S/C20H25N3O2/c21-20(25)17-8-4-5-9-18(17)22-11-13-23-12-10-16(14-19(23)24)15-6-2-1-3-7-15/h1-9,16,19,22,24H,10-14H2,(H2,21,25). The highest BCUT2D eigenvalue weighted by Crippen LogP contribution is 2.30. The van der Waals surface area contributed by atoms with Gasteiger partial charge in [0, 0.05) is 25.3 Å². The predicted molar refractivity (Wildman–Crippen MR) is 99.4 cm³/mol. The SMILES string of the molecule is NC(=O)c1ccccc1NCCN1CCC(c2ccccc2)CC1O. The first-order valence-electron chi connectivity index (χ1n) is 8.75. The molecule has 0 spiro atoms. The Morgan fingerprint density at radius 1 is 1.16 bits per heavy atom. The van der Waals surface area contributed by atoms with Gasteiger partial charge in [-0.3, -0.25) is 9.69 Å². The molecule has 0 saturated carbocycles. The summed E-state index contributed by atoms with van der Waals surface area (Å²) in [4.78, 5) is 13.5. The Morgan fingerprint density at radius 3 is 2.60 bits per heavy atom. The molecule has 1 aliphatic rings. The molecule has 1 saturated heterocycles. The average Bonchev–Trinajstić information content (AvgIpc) is 2.64. The summed E-state index contributed by atoms with van der Waals surface area (Å²) in [7, 11) is 0. The second-order valence-electron chi connectivity index (χ2n) is 6.49. The maximum atomic E-state index is 11.4. The van der Waals surface area contributed by atoms with Crippen LogP contribution in [0.25, 0.3) is 0 Å². The molecule has 1 heterocycles. The molecule has 1 aliphatic heterocycles. The summed E-state index contributed by atoms with van der Waals surface area (Å²) >= 11 is 0. The van der Waals surface area contributed by atoms with Gasteiger partial charge >= 0.3 is 0 Å². The largest absolute Gasteiger partial charge is 0.383 e. The van der Waals surface area contributed by atoms with Gasteiger partial charge in [0.15, 0.2) is 0 Å². The maximum Gasteiger partial charge on any atom is 0.250 e. The number of carbonyl (C=O) groups excluding carboxylic acids is 1. The van der Waals surface area contributed by atoms with Gasteiger partial charge in [-0.25, -0.2) is 0 Å². The molecule has 25 heavy (non-hydrogen) atoms. The number of piperidine rings is 1. The number of aliphatic hydroxyl groups excluding tert-OH is 1. The molecule has 0 aromatic heterocycles. The topological polar surface area (TPSA) is 78.6 Å². The zero-order valence-corrected chi connectivity index (χ0v) is 14.3. The fourth-order valence-corrected chi connectivity index (χ4v) is 3.47. The molecular weight excluding hydrogens is 314 g/mol. The van der Waals surface area contributed by atoms with E-state index in [-0.39, 0.29) is 0 Å². The number of aliphatic hydroxyl groups is 1. The van der Waals surface area contributed by atoms with E-state index in [1.807, 2.05) is 30.3 Å². The third-order valence-electron chi connectivity index (χ3n) is 4.86. The van der Waals surface area contributed by atoms with Gasteiger partial charge in [0.1, 0.15) is 6.23 Å². The number of anilines is 1. The van der Waals surface area contributed by atoms with E-state index in [0.717, 1.165) is 31.6 Å². The number of carbonyl (C=O) groups is 1. The number of rotatable bonds is 6. The fourth-order valence-electron chi connectivity index (χ4n) is 3.47. The number of primary amides is 1. The molecule has 3 rings (SSSR count). The summed E-state index contributed by atoms with van der Waals surface area (Å²) in [5.74, 6) is -0.0252. The van der Waals surface area contributed by atoms with Crippen molar-refractivity contribution in [1.82, 2.24) is 4.90 Å². The normalized spacial score (nSPS) is 21.0. The zero-order chi connectivity index (χ0) is 17.6. The molecule has 0 radical (unpaired) electrons. The molecule has 2 aromatic carbocycles. The molecular formula is C20H25N3O2. The van der Waals surface area contributed by atoms with E-state index in [2.05, 4.69) is 22.3 Å². The van der Waals surface area contributed by atoms with Crippen LogP contribution in [-0.2, 0) is 0 Å². The number of benzene rings is 2. The van der Waals surface area contributed by atoms with Crippen molar-refractivity contribution in [3.05, 3.63) is 65.7 Å². The summed E-state index contributed by atoms with van der Waals surface area (Å²) in [6.07, 6.45) is 1.35. The highest BCUT2D eigenvalue weighted by Gasteiger charge is 2.27. The van der Waals surface area contributed by atoms with Gasteiger partial charge in [0.2, 0.25) is 0 Å². The third kappa shape index (κ3) is 4.38. The molecule has 2 unspecified atom stereocenters. The average molecular weight is 339 g/mol. The van der Waals surface area contributed by atoms with E-state index in [1.165, 1.54) is 5.56 Å². The lowest BCUT2D eigenvalue weighted by molar-refractivity contribution is -0.0281. The van der Waals surface area contributed by atoms with E-state index in [1.54, 1.807) is 12.1 Å². The van der Waals surface area contributed by atoms with Crippen molar-refractivity contribution in [3.8, 4) is 0 Å². The molecule has 5 heteroatoms. The Kier molecular flexibility index (Phi) is 5.68. The number of para-hydroxylation sites is 1. The van der Waals surface area contributed by atoms with Crippen LogP contribution < -0.4 is 11.1 Å².